The molecule has 128 valence electrons. The highest BCUT2D eigenvalue weighted by atomic mass is 28.3. The fraction of sp³-hybridized carbons (Fsp3) is 0.611. The van der Waals surface area contributed by atoms with Gasteiger partial charge in [0, 0.05) is 20.1 Å². The van der Waals surface area contributed by atoms with Gasteiger partial charge in [0.15, 0.2) is 0 Å². The van der Waals surface area contributed by atoms with Crippen LogP contribution >= 0.6 is 0 Å². The molecule has 2 rings (SSSR count). The van der Waals surface area contributed by atoms with Gasteiger partial charge in [0.1, 0.15) is 0 Å². The number of allylic oxidation sites excluding steroid dienone is 3. The number of methoxy groups -OCH3 is 1. The second-order valence-corrected chi connectivity index (χ2v) is 11.3. The van der Waals surface area contributed by atoms with E-state index in [1.807, 2.05) is 6.08 Å². The lowest BCUT2D eigenvalue weighted by molar-refractivity contribution is -0.821. The highest BCUT2D eigenvalue weighted by Gasteiger charge is 2.36. The van der Waals surface area contributed by atoms with Gasteiger partial charge in [0.25, 0.3) is 6.23 Å². The molecule has 0 N–H and O–H groups in total. The number of hydrogen-bond donors (Lipinski definition) is 0. The standard InChI is InChI=1S/C18H31N2O2Si/c1-6-16(7-2)17-14-19(18-10-8-9-11-22-18)20(15-17)23(4,5)13-12-21-3/h6-7,14-15,18H,1,8-13H2,2-5H3/q+1. The van der Waals surface area contributed by atoms with E-state index < -0.39 is 8.24 Å². The van der Waals surface area contributed by atoms with Crippen molar-refractivity contribution in [1.29, 1.82) is 0 Å². The molecule has 1 aliphatic heterocycles. The predicted molar refractivity (Wildman–Crippen MR) is 96.9 cm³/mol. The average molecular weight is 336 g/mol. The molecule has 1 fully saturated rings. The first-order valence-electron chi connectivity index (χ1n) is 8.57. The monoisotopic (exact) mass is 335 g/mol. The number of aromatic nitrogens is 2. The van der Waals surface area contributed by atoms with E-state index in [0.29, 0.717) is 0 Å². The fourth-order valence-electron chi connectivity index (χ4n) is 3.10. The Morgan fingerprint density at radius 2 is 2.30 bits per heavy atom. The third-order valence-corrected chi connectivity index (χ3v) is 7.66. The van der Waals surface area contributed by atoms with E-state index in [1.165, 1.54) is 24.0 Å². The minimum atomic E-state index is -1.67. The molecule has 1 unspecified atom stereocenters. The second kappa shape index (κ2) is 8.08. The van der Waals surface area contributed by atoms with E-state index in [4.69, 9.17) is 9.47 Å². The van der Waals surface area contributed by atoms with E-state index >= 15 is 0 Å². The van der Waals surface area contributed by atoms with Gasteiger partial charge >= 0.3 is 0 Å². The minimum absolute atomic E-state index is 0.148. The van der Waals surface area contributed by atoms with Crippen LogP contribution in [0.4, 0.5) is 0 Å². The zero-order chi connectivity index (χ0) is 16.9. The van der Waals surface area contributed by atoms with Gasteiger partial charge < -0.3 is 9.47 Å². The minimum Gasteiger partial charge on any atom is -0.385 e. The Kier molecular flexibility index (Phi) is 6.39. The fourth-order valence-corrected chi connectivity index (χ4v) is 5.33. The number of ether oxygens (including phenoxy) is 2. The highest BCUT2D eigenvalue weighted by molar-refractivity contribution is 6.75. The van der Waals surface area contributed by atoms with E-state index in [2.05, 4.69) is 54.1 Å². The summed E-state index contributed by atoms with van der Waals surface area (Å²) in [7, 11) is 0.111. The van der Waals surface area contributed by atoms with E-state index in [1.54, 1.807) is 7.11 Å². The van der Waals surface area contributed by atoms with Gasteiger partial charge in [0.05, 0.1) is 18.4 Å². The van der Waals surface area contributed by atoms with Crippen LogP contribution in [0.1, 0.15) is 38.0 Å². The zero-order valence-electron chi connectivity index (χ0n) is 15.0. The Morgan fingerprint density at radius 1 is 1.52 bits per heavy atom. The van der Waals surface area contributed by atoms with Crippen LogP contribution < -0.4 is 4.68 Å². The first-order chi connectivity index (χ1) is 11.0. The van der Waals surface area contributed by atoms with Gasteiger partial charge in [-0.1, -0.05) is 23.4 Å². The lowest BCUT2D eigenvalue weighted by Gasteiger charge is -2.25. The molecule has 0 aliphatic carbocycles. The molecular formula is C18H31N2O2Si+. The van der Waals surface area contributed by atoms with Crippen LogP contribution in [0.15, 0.2) is 31.1 Å². The third-order valence-electron chi connectivity index (χ3n) is 4.63. The number of hydrogen-bond acceptors (Lipinski definition) is 2. The van der Waals surface area contributed by atoms with Crippen LogP contribution in [0.5, 0.6) is 0 Å². The molecule has 4 nitrogen and oxygen atoms in total. The van der Waals surface area contributed by atoms with Gasteiger partial charge in [0.2, 0.25) is 14.4 Å². The number of nitrogens with zero attached hydrogens (tertiary/aromatic N) is 2. The lowest BCUT2D eigenvalue weighted by atomic mass is 10.1. The smallest absolute Gasteiger partial charge is 0.284 e. The maximum atomic E-state index is 6.05. The van der Waals surface area contributed by atoms with Crippen LogP contribution in [0.2, 0.25) is 19.1 Å². The largest absolute Gasteiger partial charge is 0.385 e. The molecule has 1 aromatic heterocycles. The summed E-state index contributed by atoms with van der Waals surface area (Å²) in [4.78, 5) is 0. The lowest BCUT2D eigenvalue weighted by Crippen LogP contribution is -2.58. The average Bonchev–Trinajstić information content (AvgIpc) is 3.01. The van der Waals surface area contributed by atoms with Crippen molar-refractivity contribution < 1.29 is 14.2 Å². The Balaban J connectivity index is 2.42. The molecule has 1 saturated heterocycles. The summed E-state index contributed by atoms with van der Waals surface area (Å²) in [6.07, 6.45) is 12.2. The van der Waals surface area contributed by atoms with Crippen molar-refractivity contribution in [3.8, 4) is 0 Å². The van der Waals surface area contributed by atoms with Gasteiger partial charge in [-0.25, -0.2) is 0 Å². The molecule has 23 heavy (non-hydrogen) atoms. The van der Waals surface area contributed by atoms with E-state index in [9.17, 15) is 0 Å². The normalized spacial score (nSPS) is 19.8. The van der Waals surface area contributed by atoms with Crippen molar-refractivity contribution in [3.05, 3.63) is 36.7 Å². The van der Waals surface area contributed by atoms with Gasteiger partial charge in [-0.2, -0.15) is 4.35 Å². The van der Waals surface area contributed by atoms with E-state index in [-0.39, 0.29) is 6.23 Å². The molecule has 0 saturated carbocycles. The van der Waals surface area contributed by atoms with Crippen LogP contribution in [0.3, 0.4) is 0 Å². The molecule has 2 heterocycles. The van der Waals surface area contributed by atoms with Crippen molar-refractivity contribution >= 4 is 13.8 Å². The SMILES string of the molecule is C=CC(=CC)c1cn([Si](C)(C)CCOC)[n+](C2CCCCO2)c1. The molecule has 1 atom stereocenters. The molecule has 1 aromatic rings. The maximum absolute atomic E-state index is 6.05. The summed E-state index contributed by atoms with van der Waals surface area (Å²) in [6.45, 7) is 12.4. The van der Waals surface area contributed by atoms with Crippen LogP contribution in [0, 0.1) is 0 Å². The van der Waals surface area contributed by atoms with Crippen LogP contribution in [-0.2, 0) is 9.47 Å². The van der Waals surface area contributed by atoms with Crippen molar-refractivity contribution in [1.82, 2.24) is 4.35 Å². The molecule has 0 spiro atoms. The van der Waals surface area contributed by atoms with Crippen molar-refractivity contribution in [2.75, 3.05) is 20.3 Å². The van der Waals surface area contributed by atoms with Crippen molar-refractivity contribution in [2.45, 2.75) is 51.6 Å². The zero-order valence-corrected chi connectivity index (χ0v) is 16.0. The Hall–Kier alpha value is -1.17. The number of rotatable bonds is 7. The van der Waals surface area contributed by atoms with Crippen molar-refractivity contribution in [3.63, 3.8) is 0 Å². The summed E-state index contributed by atoms with van der Waals surface area (Å²) >= 11 is 0. The van der Waals surface area contributed by atoms with Crippen LogP contribution in [-0.4, -0.2) is 32.9 Å². The summed E-state index contributed by atoms with van der Waals surface area (Å²) in [5.74, 6) is 0. The van der Waals surface area contributed by atoms with E-state index in [0.717, 1.165) is 25.7 Å². The molecule has 0 amide bonds. The quantitative estimate of drug-likeness (QED) is 0.431. The molecule has 1 aliphatic rings. The van der Waals surface area contributed by atoms with Crippen molar-refractivity contribution in [2.24, 2.45) is 0 Å². The Labute approximate surface area is 141 Å². The molecule has 0 bridgehead atoms. The molecule has 5 heteroatoms. The first kappa shape index (κ1) is 18.2. The molecule has 0 radical (unpaired) electrons. The predicted octanol–water partition coefficient (Wildman–Crippen LogP) is 3.76. The summed E-state index contributed by atoms with van der Waals surface area (Å²) < 4.78 is 16.2. The third kappa shape index (κ3) is 4.22. The van der Waals surface area contributed by atoms with Gasteiger partial charge in [-0.3, -0.25) is 0 Å². The topological polar surface area (TPSA) is 27.3 Å². The Morgan fingerprint density at radius 3 is 2.87 bits per heavy atom. The summed E-state index contributed by atoms with van der Waals surface area (Å²) in [6, 6.07) is 1.09. The highest BCUT2D eigenvalue weighted by Crippen LogP contribution is 2.23. The summed E-state index contributed by atoms with van der Waals surface area (Å²) in [5.41, 5.74) is 2.39. The summed E-state index contributed by atoms with van der Waals surface area (Å²) in [5, 5.41) is 0. The molecular weight excluding hydrogens is 304 g/mol. The molecule has 0 aromatic carbocycles. The van der Waals surface area contributed by atoms with Gasteiger partial charge in [-0.15, -0.1) is 0 Å². The van der Waals surface area contributed by atoms with Crippen LogP contribution in [0.25, 0.3) is 5.57 Å². The maximum Gasteiger partial charge on any atom is 0.284 e. The Bertz CT molecular complexity index is 557. The van der Waals surface area contributed by atoms with Gasteiger partial charge in [-0.05, 0) is 44.5 Å². The second-order valence-electron chi connectivity index (χ2n) is 6.76. The first-order valence-corrected chi connectivity index (χ1v) is 11.7.